The average molecular weight is 343 g/mol. The summed E-state index contributed by atoms with van der Waals surface area (Å²) in [5.41, 5.74) is 0.647. The first kappa shape index (κ1) is 16.4. The van der Waals surface area contributed by atoms with E-state index in [0.29, 0.717) is 11.4 Å². The molecule has 0 aliphatic carbocycles. The van der Waals surface area contributed by atoms with Gasteiger partial charge in [0.2, 0.25) is 10.0 Å². The summed E-state index contributed by atoms with van der Waals surface area (Å²) in [5, 5.41) is 2.84. The van der Waals surface area contributed by atoms with Crippen molar-refractivity contribution in [1.29, 1.82) is 0 Å². The number of furan rings is 1. The smallest absolute Gasteiger partial charge is 0.253 e. The van der Waals surface area contributed by atoms with Crippen molar-refractivity contribution >= 4 is 33.2 Å². The number of carbonyl (C=O) groups excluding carboxylic acids is 1. The minimum atomic E-state index is -3.38. The van der Waals surface area contributed by atoms with E-state index in [1.165, 1.54) is 31.5 Å². The zero-order chi connectivity index (χ0) is 16.3. The number of nitrogens with one attached hydrogen (secondary N) is 1. The van der Waals surface area contributed by atoms with Gasteiger partial charge in [-0.1, -0.05) is 11.6 Å². The van der Waals surface area contributed by atoms with Gasteiger partial charge in [-0.05, 0) is 30.3 Å². The molecule has 1 heterocycles. The Morgan fingerprint density at radius 2 is 2.09 bits per heavy atom. The molecule has 0 saturated carbocycles. The van der Waals surface area contributed by atoms with Crippen molar-refractivity contribution in [2.45, 2.75) is 6.54 Å². The second kappa shape index (κ2) is 6.41. The number of benzene rings is 1. The molecule has 1 aromatic carbocycles. The number of halogens is 1. The Kier molecular flexibility index (Phi) is 4.77. The molecule has 6 nitrogen and oxygen atoms in total. The Morgan fingerprint density at radius 3 is 2.64 bits per heavy atom. The molecule has 22 heavy (non-hydrogen) atoms. The van der Waals surface area contributed by atoms with E-state index >= 15 is 0 Å². The van der Waals surface area contributed by atoms with Crippen LogP contribution >= 0.6 is 11.6 Å². The molecule has 2 aromatic rings. The van der Waals surface area contributed by atoms with Gasteiger partial charge in [0.1, 0.15) is 5.76 Å². The zero-order valence-corrected chi connectivity index (χ0v) is 13.6. The summed E-state index contributed by atoms with van der Waals surface area (Å²) < 4.78 is 29.2. The zero-order valence-electron chi connectivity index (χ0n) is 12.0. The molecule has 118 valence electrons. The molecule has 0 spiro atoms. The van der Waals surface area contributed by atoms with Crippen molar-refractivity contribution in [2.75, 3.05) is 17.6 Å². The molecule has 0 saturated heterocycles. The van der Waals surface area contributed by atoms with E-state index in [2.05, 4.69) is 5.32 Å². The van der Waals surface area contributed by atoms with Crippen molar-refractivity contribution in [3.63, 3.8) is 0 Å². The van der Waals surface area contributed by atoms with E-state index in [4.69, 9.17) is 16.0 Å². The number of rotatable bonds is 5. The van der Waals surface area contributed by atoms with Gasteiger partial charge in [-0.2, -0.15) is 0 Å². The Hall–Kier alpha value is -1.99. The van der Waals surface area contributed by atoms with Gasteiger partial charge in [0, 0.05) is 7.05 Å². The summed E-state index contributed by atoms with van der Waals surface area (Å²) in [5.74, 6) is 0.257. The van der Waals surface area contributed by atoms with Crippen LogP contribution in [0.5, 0.6) is 0 Å². The predicted molar refractivity (Wildman–Crippen MR) is 84.6 cm³/mol. The third-order valence-corrected chi connectivity index (χ3v) is 4.58. The maximum Gasteiger partial charge on any atom is 0.253 e. The Balaban J connectivity index is 2.14. The highest BCUT2D eigenvalue weighted by Crippen LogP contribution is 2.24. The molecule has 0 atom stereocenters. The van der Waals surface area contributed by atoms with Crippen LogP contribution in [0.25, 0.3) is 0 Å². The summed E-state index contributed by atoms with van der Waals surface area (Å²) in [4.78, 5) is 12.1. The van der Waals surface area contributed by atoms with Crippen LogP contribution in [0.2, 0.25) is 5.02 Å². The minimum absolute atomic E-state index is 0.171. The molecular formula is C14H15ClN2O4S. The molecule has 2 rings (SSSR count). The van der Waals surface area contributed by atoms with Crippen molar-refractivity contribution in [1.82, 2.24) is 5.32 Å². The molecule has 1 aromatic heterocycles. The van der Waals surface area contributed by atoms with Crippen LogP contribution in [-0.4, -0.2) is 27.6 Å². The van der Waals surface area contributed by atoms with Crippen LogP contribution in [0, 0.1) is 0 Å². The van der Waals surface area contributed by atoms with E-state index in [1.807, 2.05) is 0 Å². The summed E-state index contributed by atoms with van der Waals surface area (Å²) in [6.07, 6.45) is 2.61. The van der Waals surface area contributed by atoms with Gasteiger partial charge in [-0.3, -0.25) is 9.10 Å². The van der Waals surface area contributed by atoms with Crippen molar-refractivity contribution in [2.24, 2.45) is 0 Å². The minimum Gasteiger partial charge on any atom is -0.467 e. The average Bonchev–Trinajstić information content (AvgIpc) is 2.96. The second-order valence-electron chi connectivity index (χ2n) is 4.66. The van der Waals surface area contributed by atoms with Crippen molar-refractivity contribution in [3.05, 3.63) is 52.9 Å². The number of hydrogen-bond donors (Lipinski definition) is 1. The van der Waals surface area contributed by atoms with E-state index < -0.39 is 10.0 Å². The molecule has 0 fully saturated rings. The highest BCUT2D eigenvalue weighted by molar-refractivity contribution is 7.92. The third kappa shape index (κ3) is 3.80. The fraction of sp³-hybridized carbons (Fsp3) is 0.214. The summed E-state index contributed by atoms with van der Waals surface area (Å²) >= 11 is 6.07. The number of hydrogen-bond acceptors (Lipinski definition) is 4. The fourth-order valence-corrected chi connectivity index (χ4v) is 2.51. The van der Waals surface area contributed by atoms with E-state index in [9.17, 15) is 13.2 Å². The van der Waals surface area contributed by atoms with E-state index in [0.717, 1.165) is 10.6 Å². The SMILES string of the molecule is CN(c1ccc(C(=O)NCc2ccco2)c(Cl)c1)S(C)(=O)=O. The van der Waals surface area contributed by atoms with Gasteiger partial charge in [0.05, 0.1) is 35.3 Å². The summed E-state index contributed by atoms with van der Waals surface area (Å²) in [6.45, 7) is 0.243. The number of anilines is 1. The maximum absolute atomic E-state index is 12.1. The fourth-order valence-electron chi connectivity index (χ4n) is 1.75. The largest absolute Gasteiger partial charge is 0.467 e. The Labute approximate surface area is 133 Å². The highest BCUT2D eigenvalue weighted by Gasteiger charge is 2.16. The molecule has 8 heteroatoms. The lowest BCUT2D eigenvalue weighted by atomic mass is 10.2. The molecule has 0 radical (unpaired) electrons. The number of sulfonamides is 1. The molecule has 0 aliphatic heterocycles. The third-order valence-electron chi connectivity index (χ3n) is 3.06. The van der Waals surface area contributed by atoms with Gasteiger partial charge in [-0.15, -0.1) is 0 Å². The topological polar surface area (TPSA) is 79.6 Å². The van der Waals surface area contributed by atoms with Crippen LogP contribution in [0.1, 0.15) is 16.1 Å². The quantitative estimate of drug-likeness (QED) is 0.903. The number of carbonyl (C=O) groups is 1. The van der Waals surface area contributed by atoms with Gasteiger partial charge < -0.3 is 9.73 Å². The van der Waals surface area contributed by atoms with Crippen molar-refractivity contribution < 1.29 is 17.6 Å². The molecule has 0 unspecified atom stereocenters. The monoisotopic (exact) mass is 342 g/mol. The first-order valence-electron chi connectivity index (χ1n) is 6.33. The molecule has 1 amide bonds. The molecule has 0 aliphatic rings. The van der Waals surface area contributed by atoms with Gasteiger partial charge in [-0.25, -0.2) is 8.42 Å². The molecular weight excluding hydrogens is 328 g/mol. The van der Waals surface area contributed by atoms with E-state index in [1.54, 1.807) is 12.1 Å². The highest BCUT2D eigenvalue weighted by atomic mass is 35.5. The van der Waals surface area contributed by atoms with Crippen molar-refractivity contribution in [3.8, 4) is 0 Å². The van der Waals surface area contributed by atoms with Crippen LogP contribution in [-0.2, 0) is 16.6 Å². The normalized spacial score (nSPS) is 11.2. The Morgan fingerprint density at radius 1 is 1.36 bits per heavy atom. The Bertz CT molecular complexity index is 772. The number of amides is 1. The summed E-state index contributed by atoms with van der Waals surface area (Å²) in [7, 11) is -1.97. The lowest BCUT2D eigenvalue weighted by Gasteiger charge is -2.17. The van der Waals surface area contributed by atoms with Crippen LogP contribution < -0.4 is 9.62 Å². The first-order valence-corrected chi connectivity index (χ1v) is 8.55. The van der Waals surface area contributed by atoms with Gasteiger partial charge in [0.15, 0.2) is 0 Å². The lowest BCUT2D eigenvalue weighted by molar-refractivity contribution is 0.0948. The maximum atomic E-state index is 12.1. The number of nitrogens with zero attached hydrogens (tertiary/aromatic N) is 1. The van der Waals surface area contributed by atoms with Gasteiger partial charge in [0.25, 0.3) is 5.91 Å². The van der Waals surface area contributed by atoms with Crippen LogP contribution in [0.3, 0.4) is 0 Å². The van der Waals surface area contributed by atoms with E-state index in [-0.39, 0.29) is 23.0 Å². The molecule has 0 bridgehead atoms. The molecule has 1 N–H and O–H groups in total. The van der Waals surface area contributed by atoms with Gasteiger partial charge >= 0.3 is 0 Å². The standard InChI is InChI=1S/C14H15ClN2O4S/c1-17(22(2,19)20)10-5-6-12(13(15)8-10)14(18)16-9-11-4-3-7-21-11/h3-8H,9H2,1-2H3,(H,16,18). The lowest BCUT2D eigenvalue weighted by Crippen LogP contribution is -2.25. The predicted octanol–water partition coefficient (Wildman–Crippen LogP) is 2.26. The first-order chi connectivity index (χ1) is 10.3. The van der Waals surface area contributed by atoms with Crippen LogP contribution in [0.4, 0.5) is 5.69 Å². The summed E-state index contributed by atoms with van der Waals surface area (Å²) in [6, 6.07) is 7.91. The van der Waals surface area contributed by atoms with Crippen LogP contribution in [0.15, 0.2) is 41.0 Å². The second-order valence-corrected chi connectivity index (χ2v) is 7.08.